The van der Waals surface area contributed by atoms with Gasteiger partial charge in [0.15, 0.2) is 0 Å². The molecule has 0 aliphatic carbocycles. The van der Waals surface area contributed by atoms with E-state index in [-0.39, 0.29) is 11.7 Å². The van der Waals surface area contributed by atoms with Gasteiger partial charge in [-0.3, -0.25) is 4.79 Å². The molecule has 4 rings (SSSR count). The van der Waals surface area contributed by atoms with Crippen LogP contribution in [0.15, 0.2) is 54.9 Å². The molecule has 7 nitrogen and oxygen atoms in total. The third-order valence-electron chi connectivity index (χ3n) is 4.17. The Morgan fingerprint density at radius 2 is 1.92 bits per heavy atom. The van der Waals surface area contributed by atoms with Crippen molar-refractivity contribution >= 4 is 16.9 Å². The number of hydrogen-bond donors (Lipinski definition) is 2. The second kappa shape index (κ2) is 6.40. The van der Waals surface area contributed by atoms with E-state index in [2.05, 4.69) is 25.7 Å². The number of hydrogen-bond acceptors (Lipinski definition) is 4. The standard InChI is InChI=1S/C18H15FN6O/c1-25-9-8-20-17(25)16(11-2-5-13(19)6-3-11)21-18(26)12-4-7-14-15(10-12)23-24-22-14/h2-10,16H,1H3,(H,21,26)(H,22,23,24). The van der Waals surface area contributed by atoms with Crippen LogP contribution in [0.1, 0.15) is 27.8 Å². The number of nitrogens with one attached hydrogen (secondary N) is 2. The van der Waals surface area contributed by atoms with Crippen LogP contribution in [0.25, 0.3) is 11.0 Å². The van der Waals surface area contributed by atoms with Gasteiger partial charge in [0.1, 0.15) is 28.7 Å². The minimum atomic E-state index is -0.517. The van der Waals surface area contributed by atoms with Crippen LogP contribution >= 0.6 is 0 Å². The number of amides is 1. The molecule has 0 saturated heterocycles. The van der Waals surface area contributed by atoms with Crippen molar-refractivity contribution in [1.29, 1.82) is 0 Å². The zero-order valence-electron chi connectivity index (χ0n) is 13.8. The molecule has 0 aliphatic heterocycles. The zero-order valence-corrected chi connectivity index (χ0v) is 13.8. The van der Waals surface area contributed by atoms with Crippen molar-refractivity contribution in [2.45, 2.75) is 6.04 Å². The zero-order chi connectivity index (χ0) is 18.1. The quantitative estimate of drug-likeness (QED) is 0.591. The normalized spacial score (nSPS) is 12.2. The van der Waals surface area contributed by atoms with E-state index >= 15 is 0 Å². The van der Waals surface area contributed by atoms with Crippen molar-refractivity contribution in [2.75, 3.05) is 0 Å². The Morgan fingerprint density at radius 3 is 2.65 bits per heavy atom. The molecule has 1 atom stereocenters. The molecule has 2 N–H and O–H groups in total. The highest BCUT2D eigenvalue weighted by Crippen LogP contribution is 2.22. The lowest BCUT2D eigenvalue weighted by Gasteiger charge is -2.19. The highest BCUT2D eigenvalue weighted by molar-refractivity contribution is 5.97. The predicted molar refractivity (Wildman–Crippen MR) is 92.8 cm³/mol. The summed E-state index contributed by atoms with van der Waals surface area (Å²) in [5.41, 5.74) is 2.47. The van der Waals surface area contributed by atoms with Crippen molar-refractivity contribution < 1.29 is 9.18 Å². The van der Waals surface area contributed by atoms with Crippen molar-refractivity contribution in [3.8, 4) is 0 Å². The average Bonchev–Trinajstić information content (AvgIpc) is 3.28. The Bertz CT molecular complexity index is 1070. The van der Waals surface area contributed by atoms with E-state index in [1.807, 2.05) is 11.6 Å². The van der Waals surface area contributed by atoms with Gasteiger partial charge in [-0.05, 0) is 35.9 Å². The van der Waals surface area contributed by atoms with Crippen molar-refractivity contribution in [2.24, 2.45) is 7.05 Å². The first kappa shape index (κ1) is 15.9. The highest BCUT2D eigenvalue weighted by Gasteiger charge is 2.22. The molecular weight excluding hydrogens is 335 g/mol. The second-order valence-electron chi connectivity index (χ2n) is 5.88. The molecule has 0 aliphatic rings. The Labute approximate surface area is 147 Å². The van der Waals surface area contributed by atoms with Crippen molar-refractivity contribution in [3.63, 3.8) is 0 Å². The summed E-state index contributed by atoms with van der Waals surface area (Å²) in [7, 11) is 1.84. The third kappa shape index (κ3) is 2.92. The summed E-state index contributed by atoms with van der Waals surface area (Å²) in [5.74, 6) is 0.0230. The maximum absolute atomic E-state index is 13.3. The van der Waals surface area contributed by atoms with Gasteiger partial charge in [-0.1, -0.05) is 12.1 Å². The van der Waals surface area contributed by atoms with Crippen molar-refractivity contribution in [3.05, 3.63) is 77.6 Å². The number of nitrogens with zero attached hydrogens (tertiary/aromatic N) is 4. The first-order chi connectivity index (χ1) is 12.6. The van der Waals surface area contributed by atoms with Gasteiger partial charge in [0.05, 0.1) is 0 Å². The van der Waals surface area contributed by atoms with Gasteiger partial charge in [0.25, 0.3) is 5.91 Å². The SMILES string of the molecule is Cn1ccnc1C(NC(=O)c1ccc2n[nH]nc2c1)c1ccc(F)cc1. The summed E-state index contributed by atoms with van der Waals surface area (Å²) in [4.78, 5) is 17.1. The molecule has 1 unspecified atom stereocenters. The Balaban J connectivity index is 1.68. The molecule has 2 aromatic heterocycles. The second-order valence-corrected chi connectivity index (χ2v) is 5.88. The molecular formula is C18H15FN6O. The Kier molecular flexibility index (Phi) is 3.92. The summed E-state index contributed by atoms with van der Waals surface area (Å²) >= 11 is 0. The van der Waals surface area contributed by atoms with Gasteiger partial charge in [-0.15, -0.1) is 0 Å². The van der Waals surface area contributed by atoms with Gasteiger partial charge in [-0.25, -0.2) is 9.37 Å². The number of aromatic nitrogens is 5. The fourth-order valence-corrected chi connectivity index (χ4v) is 2.80. The lowest BCUT2D eigenvalue weighted by atomic mass is 10.0. The number of carbonyl (C=O) groups excluding carboxylic acids is 1. The fraction of sp³-hybridized carbons (Fsp3) is 0.111. The molecule has 0 bridgehead atoms. The van der Waals surface area contributed by atoms with Crippen LogP contribution in [-0.4, -0.2) is 30.9 Å². The number of rotatable bonds is 4. The Morgan fingerprint density at radius 1 is 1.15 bits per heavy atom. The number of aromatic amines is 1. The topological polar surface area (TPSA) is 88.5 Å². The smallest absolute Gasteiger partial charge is 0.252 e. The number of imidazole rings is 1. The van der Waals surface area contributed by atoms with Crippen LogP contribution in [0, 0.1) is 5.82 Å². The van der Waals surface area contributed by atoms with Gasteiger partial charge >= 0.3 is 0 Å². The van der Waals surface area contributed by atoms with E-state index in [1.165, 1.54) is 12.1 Å². The lowest BCUT2D eigenvalue weighted by molar-refractivity contribution is 0.0941. The summed E-state index contributed by atoms with van der Waals surface area (Å²) in [6.07, 6.45) is 3.44. The molecule has 1 amide bonds. The molecule has 2 aromatic carbocycles. The number of aryl methyl sites for hydroxylation is 1. The summed E-state index contributed by atoms with van der Waals surface area (Å²) < 4.78 is 15.1. The van der Waals surface area contributed by atoms with Crippen molar-refractivity contribution in [1.82, 2.24) is 30.3 Å². The molecule has 0 fully saturated rings. The van der Waals surface area contributed by atoms with Gasteiger partial charge in [0.2, 0.25) is 0 Å². The number of fused-ring (bicyclic) bond motifs is 1. The van der Waals surface area contributed by atoms with Crippen LogP contribution in [0.4, 0.5) is 4.39 Å². The van der Waals surface area contributed by atoms with Crippen LogP contribution in [0.3, 0.4) is 0 Å². The number of H-pyrrole nitrogens is 1. The summed E-state index contributed by atoms with van der Waals surface area (Å²) in [6, 6.07) is 10.5. The van der Waals surface area contributed by atoms with Gasteiger partial charge in [0, 0.05) is 25.0 Å². The number of benzene rings is 2. The summed E-state index contributed by atoms with van der Waals surface area (Å²) in [5, 5.41) is 13.5. The first-order valence-corrected chi connectivity index (χ1v) is 7.96. The monoisotopic (exact) mass is 350 g/mol. The van der Waals surface area contributed by atoms with E-state index in [4.69, 9.17) is 0 Å². The molecule has 2 heterocycles. The molecule has 0 spiro atoms. The maximum atomic E-state index is 13.3. The highest BCUT2D eigenvalue weighted by atomic mass is 19.1. The predicted octanol–water partition coefficient (Wildman–Crippen LogP) is 2.35. The fourth-order valence-electron chi connectivity index (χ4n) is 2.80. The van der Waals surface area contributed by atoms with E-state index < -0.39 is 6.04 Å². The van der Waals surface area contributed by atoms with Crippen LogP contribution in [0.5, 0.6) is 0 Å². The van der Waals surface area contributed by atoms with Crippen LogP contribution < -0.4 is 5.32 Å². The van der Waals surface area contributed by atoms with E-state index in [1.54, 1.807) is 42.7 Å². The minimum Gasteiger partial charge on any atom is -0.338 e. The molecule has 8 heteroatoms. The molecule has 26 heavy (non-hydrogen) atoms. The van der Waals surface area contributed by atoms with Crippen LogP contribution in [0.2, 0.25) is 0 Å². The number of halogens is 1. The molecule has 130 valence electrons. The van der Waals surface area contributed by atoms with Gasteiger partial charge < -0.3 is 9.88 Å². The Hall–Kier alpha value is -3.55. The third-order valence-corrected chi connectivity index (χ3v) is 4.17. The maximum Gasteiger partial charge on any atom is 0.252 e. The lowest BCUT2D eigenvalue weighted by Crippen LogP contribution is -2.31. The van der Waals surface area contributed by atoms with E-state index in [9.17, 15) is 9.18 Å². The molecule has 0 saturated carbocycles. The summed E-state index contributed by atoms with van der Waals surface area (Å²) in [6.45, 7) is 0. The van der Waals surface area contributed by atoms with Gasteiger partial charge in [-0.2, -0.15) is 15.4 Å². The molecule has 0 radical (unpaired) electrons. The molecule has 4 aromatic rings. The number of carbonyl (C=O) groups is 1. The minimum absolute atomic E-state index is 0.285. The van der Waals surface area contributed by atoms with Crippen LogP contribution in [-0.2, 0) is 7.05 Å². The first-order valence-electron chi connectivity index (χ1n) is 7.96. The van der Waals surface area contributed by atoms with E-state index in [0.29, 0.717) is 22.4 Å². The average molecular weight is 350 g/mol. The largest absolute Gasteiger partial charge is 0.338 e. The van der Waals surface area contributed by atoms with E-state index in [0.717, 1.165) is 5.56 Å².